The topological polar surface area (TPSA) is 73.3 Å². The van der Waals surface area contributed by atoms with Crippen LogP contribution in [0, 0.1) is 4.77 Å². The number of aromatic amines is 1. The van der Waals surface area contributed by atoms with Crippen molar-refractivity contribution in [1.82, 2.24) is 14.9 Å². The van der Waals surface area contributed by atoms with Crippen molar-refractivity contribution in [3.05, 3.63) is 28.8 Å². The van der Waals surface area contributed by atoms with E-state index in [-0.39, 0.29) is 0 Å². The first kappa shape index (κ1) is 14.2. The SMILES string of the molecule is COc1cc(OC)c(OC)cc1CNn1cn[nH]c1=S. The van der Waals surface area contributed by atoms with Crippen molar-refractivity contribution < 1.29 is 14.2 Å². The fourth-order valence-electron chi connectivity index (χ4n) is 1.76. The van der Waals surface area contributed by atoms with Gasteiger partial charge in [-0.1, -0.05) is 0 Å². The molecule has 0 bridgehead atoms. The Bertz CT molecular complexity index is 638. The van der Waals surface area contributed by atoms with Gasteiger partial charge in [0.15, 0.2) is 11.5 Å². The highest BCUT2D eigenvalue weighted by Crippen LogP contribution is 2.34. The van der Waals surface area contributed by atoms with Crippen LogP contribution in [0.1, 0.15) is 5.56 Å². The van der Waals surface area contributed by atoms with Crippen LogP contribution < -0.4 is 19.6 Å². The summed E-state index contributed by atoms with van der Waals surface area (Å²) in [6.07, 6.45) is 1.57. The van der Waals surface area contributed by atoms with Crippen LogP contribution in [0.25, 0.3) is 0 Å². The second kappa shape index (κ2) is 6.29. The normalized spacial score (nSPS) is 10.2. The maximum absolute atomic E-state index is 5.35. The van der Waals surface area contributed by atoms with Crippen LogP contribution in [0.3, 0.4) is 0 Å². The number of hydrogen-bond donors (Lipinski definition) is 2. The van der Waals surface area contributed by atoms with Crippen LogP contribution in [0.5, 0.6) is 17.2 Å². The van der Waals surface area contributed by atoms with Gasteiger partial charge in [0.25, 0.3) is 0 Å². The number of aromatic nitrogens is 3. The van der Waals surface area contributed by atoms with Gasteiger partial charge in [-0.15, -0.1) is 0 Å². The molecule has 20 heavy (non-hydrogen) atoms. The number of rotatable bonds is 6. The van der Waals surface area contributed by atoms with E-state index in [4.69, 9.17) is 26.4 Å². The van der Waals surface area contributed by atoms with Crippen LogP contribution in [0.2, 0.25) is 0 Å². The summed E-state index contributed by atoms with van der Waals surface area (Å²) in [5, 5.41) is 6.50. The molecular weight excluding hydrogens is 280 g/mol. The molecule has 0 spiro atoms. The Balaban J connectivity index is 2.26. The van der Waals surface area contributed by atoms with Crippen LogP contribution in [0.4, 0.5) is 0 Å². The summed E-state index contributed by atoms with van der Waals surface area (Å²) < 4.78 is 18.0. The second-order valence-corrected chi connectivity index (χ2v) is 4.27. The minimum Gasteiger partial charge on any atom is -0.496 e. The van der Waals surface area contributed by atoms with Crippen molar-refractivity contribution in [2.24, 2.45) is 0 Å². The van der Waals surface area contributed by atoms with E-state index in [9.17, 15) is 0 Å². The largest absolute Gasteiger partial charge is 0.496 e. The van der Waals surface area contributed by atoms with Crippen molar-refractivity contribution in [2.75, 3.05) is 26.8 Å². The Morgan fingerprint density at radius 1 is 1.15 bits per heavy atom. The third kappa shape index (κ3) is 2.85. The van der Waals surface area contributed by atoms with E-state index < -0.39 is 0 Å². The lowest BCUT2D eigenvalue weighted by Crippen LogP contribution is -2.14. The van der Waals surface area contributed by atoms with Crippen molar-refractivity contribution in [3.63, 3.8) is 0 Å². The Morgan fingerprint density at radius 3 is 2.35 bits per heavy atom. The zero-order valence-corrected chi connectivity index (χ0v) is 12.3. The molecule has 1 heterocycles. The molecule has 0 unspecified atom stereocenters. The van der Waals surface area contributed by atoms with Gasteiger partial charge in [-0.3, -0.25) is 5.10 Å². The van der Waals surface area contributed by atoms with E-state index in [1.165, 1.54) is 0 Å². The number of H-pyrrole nitrogens is 1. The Kier molecular flexibility index (Phi) is 4.46. The Hall–Kier alpha value is -2.22. The molecule has 0 atom stereocenters. The zero-order chi connectivity index (χ0) is 14.5. The highest BCUT2D eigenvalue weighted by atomic mass is 32.1. The van der Waals surface area contributed by atoms with Crippen molar-refractivity contribution in [3.8, 4) is 17.2 Å². The lowest BCUT2D eigenvalue weighted by Gasteiger charge is -2.15. The maximum atomic E-state index is 5.35. The molecule has 0 amide bonds. The average Bonchev–Trinajstić information content (AvgIpc) is 2.89. The monoisotopic (exact) mass is 296 g/mol. The van der Waals surface area contributed by atoms with Crippen LogP contribution in [-0.4, -0.2) is 36.2 Å². The molecule has 0 aliphatic carbocycles. The first-order valence-electron chi connectivity index (χ1n) is 5.84. The number of hydrogen-bond acceptors (Lipinski definition) is 6. The summed E-state index contributed by atoms with van der Waals surface area (Å²) in [5.74, 6) is 1.96. The van der Waals surface area contributed by atoms with Gasteiger partial charge in [0, 0.05) is 11.6 Å². The predicted octanol–water partition coefficient (Wildman–Crippen LogP) is 1.71. The maximum Gasteiger partial charge on any atom is 0.214 e. The van der Waals surface area contributed by atoms with Gasteiger partial charge in [-0.05, 0) is 18.3 Å². The third-order valence-corrected chi connectivity index (χ3v) is 3.07. The summed E-state index contributed by atoms with van der Waals surface area (Å²) in [5.41, 5.74) is 4.03. The number of ether oxygens (including phenoxy) is 3. The smallest absolute Gasteiger partial charge is 0.214 e. The first-order valence-corrected chi connectivity index (χ1v) is 6.25. The van der Waals surface area contributed by atoms with Crippen molar-refractivity contribution in [1.29, 1.82) is 0 Å². The first-order chi connectivity index (χ1) is 9.69. The third-order valence-electron chi connectivity index (χ3n) is 2.78. The van der Waals surface area contributed by atoms with Crippen molar-refractivity contribution in [2.45, 2.75) is 6.54 Å². The second-order valence-electron chi connectivity index (χ2n) is 3.89. The molecule has 7 nitrogen and oxygen atoms in total. The van der Waals surface area contributed by atoms with Gasteiger partial charge < -0.3 is 19.6 Å². The summed E-state index contributed by atoms with van der Waals surface area (Å²) >= 11 is 5.06. The fourth-order valence-corrected chi connectivity index (χ4v) is 1.93. The number of benzene rings is 1. The highest BCUT2D eigenvalue weighted by Gasteiger charge is 2.11. The van der Waals surface area contributed by atoms with Crippen molar-refractivity contribution >= 4 is 12.2 Å². The molecule has 1 aromatic carbocycles. The van der Waals surface area contributed by atoms with E-state index >= 15 is 0 Å². The van der Waals surface area contributed by atoms with Gasteiger partial charge in [-0.25, -0.2) is 4.68 Å². The minimum absolute atomic E-state index is 0.490. The zero-order valence-electron chi connectivity index (χ0n) is 11.5. The van der Waals surface area contributed by atoms with Crippen LogP contribution >= 0.6 is 12.2 Å². The van der Waals surface area contributed by atoms with Gasteiger partial charge in [0.1, 0.15) is 12.1 Å². The minimum atomic E-state index is 0.490. The molecule has 8 heteroatoms. The Labute approximate surface area is 121 Å². The van der Waals surface area contributed by atoms with E-state index in [0.717, 1.165) is 5.56 Å². The van der Waals surface area contributed by atoms with E-state index in [2.05, 4.69) is 15.6 Å². The molecular formula is C12H16N4O3S. The van der Waals surface area contributed by atoms with Crippen LogP contribution in [-0.2, 0) is 6.54 Å². The molecule has 1 aromatic heterocycles. The summed E-state index contributed by atoms with van der Waals surface area (Å²) in [6, 6.07) is 3.64. The number of nitrogens with one attached hydrogen (secondary N) is 2. The number of methoxy groups -OCH3 is 3. The van der Waals surface area contributed by atoms with Gasteiger partial charge >= 0.3 is 0 Å². The fraction of sp³-hybridized carbons (Fsp3) is 0.333. The molecule has 0 aliphatic rings. The van der Waals surface area contributed by atoms with E-state index in [1.54, 1.807) is 38.4 Å². The Morgan fingerprint density at radius 2 is 1.80 bits per heavy atom. The molecule has 0 saturated heterocycles. The van der Waals surface area contributed by atoms with E-state index in [1.807, 2.05) is 6.07 Å². The lowest BCUT2D eigenvalue weighted by molar-refractivity contribution is 0.347. The highest BCUT2D eigenvalue weighted by molar-refractivity contribution is 7.71. The van der Waals surface area contributed by atoms with Crippen LogP contribution in [0.15, 0.2) is 18.5 Å². The summed E-state index contributed by atoms with van der Waals surface area (Å²) in [4.78, 5) is 0. The molecule has 108 valence electrons. The van der Waals surface area contributed by atoms with Gasteiger partial charge in [0.2, 0.25) is 4.77 Å². The molecule has 2 aromatic rings. The van der Waals surface area contributed by atoms with E-state index in [0.29, 0.717) is 28.6 Å². The van der Waals surface area contributed by atoms with Gasteiger partial charge in [0.05, 0.1) is 27.9 Å². The average molecular weight is 296 g/mol. The quantitative estimate of drug-likeness (QED) is 0.791. The molecule has 0 saturated carbocycles. The predicted molar refractivity (Wildman–Crippen MR) is 76.6 cm³/mol. The van der Waals surface area contributed by atoms with Gasteiger partial charge in [-0.2, -0.15) is 5.10 Å². The molecule has 0 fully saturated rings. The molecule has 0 radical (unpaired) electrons. The lowest BCUT2D eigenvalue weighted by atomic mass is 10.1. The number of nitrogens with zero attached hydrogens (tertiary/aromatic N) is 2. The molecule has 0 aliphatic heterocycles. The molecule has 2 N–H and O–H groups in total. The standard InChI is InChI=1S/C12H16N4O3S/c1-17-9-5-11(19-3)10(18-2)4-8(9)6-14-16-7-13-15-12(16)20/h4-5,7,14H,6H2,1-3H3,(H,15,20). The molecule has 2 rings (SSSR count). The summed E-state index contributed by atoms with van der Waals surface area (Å²) in [6.45, 7) is 0.497. The summed E-state index contributed by atoms with van der Waals surface area (Å²) in [7, 11) is 4.78.